The molecule has 0 saturated carbocycles. The van der Waals surface area contributed by atoms with Gasteiger partial charge in [0.05, 0.1) is 19.3 Å². The number of amides is 2. The molecule has 6 nitrogen and oxygen atoms in total. The van der Waals surface area contributed by atoms with Gasteiger partial charge < -0.3 is 20.5 Å². The largest absolute Gasteiger partial charge is 0.391 e. The molecule has 1 aromatic carbocycles. The average molecular weight is 359 g/mol. The topological polar surface area (TPSA) is 87.7 Å². The predicted octanol–water partition coefficient (Wildman–Crippen LogP) is 0.692. The predicted molar refractivity (Wildman–Crippen MR) is 82.0 cm³/mol. The van der Waals surface area contributed by atoms with E-state index in [4.69, 9.17) is 4.74 Å². The van der Waals surface area contributed by atoms with Gasteiger partial charge in [-0.2, -0.15) is 0 Å². The van der Waals surface area contributed by atoms with Crippen molar-refractivity contribution in [2.75, 3.05) is 26.8 Å². The fourth-order valence-corrected chi connectivity index (χ4v) is 2.01. The molecule has 0 aromatic heterocycles. The average Bonchev–Trinajstić information content (AvgIpc) is 2.45. The van der Waals surface area contributed by atoms with Gasteiger partial charge >= 0.3 is 0 Å². The van der Waals surface area contributed by atoms with Crippen LogP contribution in [0, 0.1) is 0 Å². The summed E-state index contributed by atoms with van der Waals surface area (Å²) in [5.74, 6) is -0.617. The van der Waals surface area contributed by atoms with Crippen molar-refractivity contribution in [3.63, 3.8) is 0 Å². The Labute approximate surface area is 132 Å². The molecule has 21 heavy (non-hydrogen) atoms. The highest BCUT2D eigenvalue weighted by atomic mass is 79.9. The third-order valence-electron chi connectivity index (χ3n) is 2.66. The molecule has 0 fully saturated rings. The Morgan fingerprint density at radius 2 is 2.14 bits per heavy atom. The van der Waals surface area contributed by atoms with Gasteiger partial charge in [-0.25, -0.2) is 0 Å². The Morgan fingerprint density at radius 1 is 1.38 bits per heavy atom. The van der Waals surface area contributed by atoms with Crippen LogP contribution in [0.15, 0.2) is 28.7 Å². The summed E-state index contributed by atoms with van der Waals surface area (Å²) in [6.45, 7) is 0.456. The molecule has 3 N–H and O–H groups in total. The number of rotatable bonds is 8. The zero-order chi connectivity index (χ0) is 15.7. The molecule has 0 bridgehead atoms. The van der Waals surface area contributed by atoms with Crippen LogP contribution in [0.5, 0.6) is 0 Å². The maximum absolute atomic E-state index is 11.8. The van der Waals surface area contributed by atoms with E-state index in [1.54, 1.807) is 18.2 Å². The second kappa shape index (κ2) is 9.49. The maximum Gasteiger partial charge on any atom is 0.251 e. The molecule has 0 heterocycles. The first-order valence-corrected chi connectivity index (χ1v) is 7.29. The summed E-state index contributed by atoms with van der Waals surface area (Å²) in [5, 5.41) is 14.5. The number of nitrogens with one attached hydrogen (secondary N) is 2. The summed E-state index contributed by atoms with van der Waals surface area (Å²) in [6, 6.07) is 6.90. The molecule has 2 amide bonds. The minimum Gasteiger partial charge on any atom is -0.391 e. The quantitative estimate of drug-likeness (QED) is 0.638. The first-order valence-electron chi connectivity index (χ1n) is 6.50. The number of methoxy groups -OCH3 is 1. The van der Waals surface area contributed by atoms with Gasteiger partial charge in [0.25, 0.3) is 5.91 Å². The Bertz CT molecular complexity index is 482. The summed E-state index contributed by atoms with van der Waals surface area (Å²) in [6.07, 6.45) is -0.203. The van der Waals surface area contributed by atoms with Gasteiger partial charge in [-0.3, -0.25) is 9.59 Å². The molecular weight excluding hydrogens is 340 g/mol. The smallest absolute Gasteiger partial charge is 0.251 e. The minimum absolute atomic E-state index is 0.105. The number of halogens is 1. The van der Waals surface area contributed by atoms with E-state index in [9.17, 15) is 14.7 Å². The Hall–Kier alpha value is -1.44. The fraction of sp³-hybridized carbons (Fsp3) is 0.429. The molecule has 0 aliphatic heterocycles. The van der Waals surface area contributed by atoms with Crippen molar-refractivity contribution < 1.29 is 19.4 Å². The van der Waals surface area contributed by atoms with Crippen LogP contribution in [0.4, 0.5) is 0 Å². The fourth-order valence-electron chi connectivity index (χ4n) is 1.61. The number of carbonyl (C=O) groups is 2. The van der Waals surface area contributed by atoms with Gasteiger partial charge in [-0.05, 0) is 24.6 Å². The molecule has 1 atom stereocenters. The summed E-state index contributed by atoms with van der Waals surface area (Å²) in [5.41, 5.74) is 0.479. The van der Waals surface area contributed by atoms with Crippen LogP contribution >= 0.6 is 15.9 Å². The highest BCUT2D eigenvalue weighted by molar-refractivity contribution is 9.10. The Balaban J connectivity index is 2.25. The van der Waals surface area contributed by atoms with E-state index in [-0.39, 0.29) is 25.0 Å². The van der Waals surface area contributed by atoms with E-state index in [1.165, 1.54) is 7.11 Å². The van der Waals surface area contributed by atoms with E-state index < -0.39 is 6.10 Å². The van der Waals surface area contributed by atoms with Crippen molar-refractivity contribution in [2.45, 2.75) is 12.5 Å². The molecule has 0 aliphatic rings. The Kier molecular flexibility index (Phi) is 7.96. The molecule has 1 unspecified atom stereocenters. The summed E-state index contributed by atoms with van der Waals surface area (Å²) >= 11 is 3.28. The summed E-state index contributed by atoms with van der Waals surface area (Å²) in [7, 11) is 1.50. The van der Waals surface area contributed by atoms with Gasteiger partial charge in [0.2, 0.25) is 5.91 Å². The molecule has 1 aromatic rings. The van der Waals surface area contributed by atoms with Crippen LogP contribution < -0.4 is 10.6 Å². The lowest BCUT2D eigenvalue weighted by Gasteiger charge is -2.10. The molecule has 1 rings (SSSR count). The normalized spacial score (nSPS) is 11.8. The zero-order valence-corrected chi connectivity index (χ0v) is 13.4. The van der Waals surface area contributed by atoms with E-state index in [0.717, 1.165) is 4.47 Å². The number of hydrogen-bond acceptors (Lipinski definition) is 4. The monoisotopic (exact) mass is 358 g/mol. The second-order valence-corrected chi connectivity index (χ2v) is 5.36. The summed E-state index contributed by atoms with van der Waals surface area (Å²) in [4.78, 5) is 23.3. The molecule has 0 radical (unpaired) electrons. The summed E-state index contributed by atoms with van der Waals surface area (Å²) < 4.78 is 5.57. The van der Waals surface area contributed by atoms with E-state index >= 15 is 0 Å². The van der Waals surface area contributed by atoms with Crippen LogP contribution in [0.3, 0.4) is 0 Å². The minimum atomic E-state index is -0.605. The van der Waals surface area contributed by atoms with Gasteiger partial charge in [0.15, 0.2) is 0 Å². The van der Waals surface area contributed by atoms with Gasteiger partial charge in [0.1, 0.15) is 0 Å². The molecule has 0 saturated heterocycles. The highest BCUT2D eigenvalue weighted by Crippen LogP contribution is 2.11. The van der Waals surface area contributed by atoms with Crippen molar-refractivity contribution in [1.82, 2.24) is 10.6 Å². The molecule has 7 heteroatoms. The van der Waals surface area contributed by atoms with E-state index in [0.29, 0.717) is 18.5 Å². The Morgan fingerprint density at radius 3 is 2.81 bits per heavy atom. The van der Waals surface area contributed by atoms with Gasteiger partial charge in [-0.15, -0.1) is 0 Å². The lowest BCUT2D eigenvalue weighted by molar-refractivity contribution is -0.120. The van der Waals surface area contributed by atoms with Crippen molar-refractivity contribution in [3.05, 3.63) is 34.3 Å². The van der Waals surface area contributed by atoms with Crippen molar-refractivity contribution in [3.8, 4) is 0 Å². The van der Waals surface area contributed by atoms with Crippen molar-refractivity contribution >= 4 is 27.7 Å². The van der Waals surface area contributed by atoms with Crippen LogP contribution in [0.1, 0.15) is 16.8 Å². The first kappa shape index (κ1) is 17.6. The number of benzene rings is 1. The highest BCUT2D eigenvalue weighted by Gasteiger charge is 2.09. The number of aliphatic hydroxyl groups is 1. The van der Waals surface area contributed by atoms with Crippen molar-refractivity contribution in [2.24, 2.45) is 0 Å². The first-order chi connectivity index (χ1) is 10.0. The van der Waals surface area contributed by atoms with Gasteiger partial charge in [0, 0.05) is 23.7 Å². The second-order valence-electron chi connectivity index (χ2n) is 4.44. The number of ether oxygens (including phenoxy) is 1. The lowest BCUT2D eigenvalue weighted by atomic mass is 10.2. The van der Waals surface area contributed by atoms with Crippen LogP contribution in [-0.2, 0) is 9.53 Å². The zero-order valence-electron chi connectivity index (χ0n) is 11.8. The van der Waals surface area contributed by atoms with Crippen LogP contribution in [-0.4, -0.2) is 49.8 Å². The number of hydrogen-bond donors (Lipinski definition) is 3. The molecule has 0 spiro atoms. The third kappa shape index (κ3) is 7.22. The lowest BCUT2D eigenvalue weighted by Crippen LogP contribution is -2.38. The third-order valence-corrected chi connectivity index (χ3v) is 3.15. The van der Waals surface area contributed by atoms with E-state index in [2.05, 4.69) is 26.6 Å². The van der Waals surface area contributed by atoms with E-state index in [1.807, 2.05) is 6.07 Å². The van der Waals surface area contributed by atoms with Crippen molar-refractivity contribution in [1.29, 1.82) is 0 Å². The van der Waals surface area contributed by atoms with Gasteiger partial charge in [-0.1, -0.05) is 22.0 Å². The molecule has 116 valence electrons. The standard InChI is InChI=1S/C14H19BrN2O4/c1-21-9-12(18)5-6-16-13(19)8-17-14(20)10-3-2-4-11(15)7-10/h2-4,7,12,18H,5-6,8-9H2,1H3,(H,16,19)(H,17,20). The van der Waals surface area contributed by atoms with Crippen LogP contribution in [0.25, 0.3) is 0 Å². The molecular formula is C14H19BrN2O4. The SMILES string of the molecule is COCC(O)CCNC(=O)CNC(=O)c1cccc(Br)c1. The maximum atomic E-state index is 11.8. The number of carbonyl (C=O) groups excluding carboxylic acids is 2. The number of aliphatic hydroxyl groups excluding tert-OH is 1. The van der Waals surface area contributed by atoms with Crippen LogP contribution in [0.2, 0.25) is 0 Å². The molecule has 0 aliphatic carbocycles.